The Morgan fingerprint density at radius 1 is 1.54 bits per heavy atom. The number of sulfone groups is 1. The number of carbonyl (C=O) groups is 1. The Hall–Kier alpha value is -0.840. The van der Waals surface area contributed by atoms with Crippen LogP contribution in [0.2, 0.25) is 0 Å². The molecule has 0 saturated heterocycles. The van der Waals surface area contributed by atoms with Crippen molar-refractivity contribution in [2.75, 3.05) is 11.5 Å². The van der Waals surface area contributed by atoms with Crippen LogP contribution in [0.3, 0.4) is 0 Å². The van der Waals surface area contributed by atoms with E-state index in [-0.39, 0.29) is 17.1 Å². The van der Waals surface area contributed by atoms with Gasteiger partial charge in [-0.05, 0) is 5.41 Å². The smallest absolute Gasteiger partial charge is 0.332 e. The Kier molecular flexibility index (Phi) is 2.23. The highest BCUT2D eigenvalue weighted by atomic mass is 32.2. The number of rotatable bonds is 1. The molecule has 0 aromatic rings. The molecule has 0 bridgehead atoms. The van der Waals surface area contributed by atoms with Gasteiger partial charge in [-0.25, -0.2) is 13.2 Å². The second-order valence-corrected chi connectivity index (χ2v) is 6.06. The van der Waals surface area contributed by atoms with Crippen LogP contribution in [0.15, 0.2) is 11.6 Å². The molecular weight excluding hydrogens is 192 g/mol. The third kappa shape index (κ3) is 2.55. The first-order valence-corrected chi connectivity index (χ1v) is 5.69. The van der Waals surface area contributed by atoms with E-state index in [4.69, 9.17) is 5.11 Å². The molecule has 0 saturated carbocycles. The van der Waals surface area contributed by atoms with Crippen molar-refractivity contribution < 1.29 is 18.3 Å². The second kappa shape index (κ2) is 2.83. The van der Waals surface area contributed by atoms with Gasteiger partial charge in [0.2, 0.25) is 0 Å². The fraction of sp³-hybridized carbons (Fsp3) is 0.625. The topological polar surface area (TPSA) is 71.4 Å². The molecule has 1 N–H and O–H groups in total. The average Bonchev–Trinajstić information content (AvgIpc) is 1.79. The molecule has 0 aromatic heterocycles. The third-order valence-electron chi connectivity index (χ3n) is 1.81. The lowest BCUT2D eigenvalue weighted by atomic mass is 9.93. The van der Waals surface area contributed by atoms with Crippen LogP contribution in [-0.4, -0.2) is 31.0 Å². The molecule has 1 heterocycles. The summed E-state index contributed by atoms with van der Waals surface area (Å²) < 4.78 is 22.6. The minimum atomic E-state index is -3.23. The van der Waals surface area contributed by atoms with Gasteiger partial charge in [-0.3, -0.25) is 0 Å². The van der Waals surface area contributed by atoms with Crippen molar-refractivity contribution in [3.63, 3.8) is 0 Å². The summed E-state index contributed by atoms with van der Waals surface area (Å²) in [5.74, 6) is -1.46. The maximum atomic E-state index is 11.3. The highest BCUT2D eigenvalue weighted by molar-refractivity contribution is 7.91. The van der Waals surface area contributed by atoms with E-state index in [1.165, 1.54) is 6.08 Å². The van der Waals surface area contributed by atoms with E-state index in [9.17, 15) is 13.2 Å². The third-order valence-corrected chi connectivity index (χ3v) is 3.74. The van der Waals surface area contributed by atoms with Gasteiger partial charge < -0.3 is 5.11 Å². The minimum Gasteiger partial charge on any atom is -0.478 e. The minimum absolute atomic E-state index is 0.0174. The zero-order valence-electron chi connectivity index (χ0n) is 7.57. The van der Waals surface area contributed by atoms with Crippen molar-refractivity contribution in [3.05, 3.63) is 11.6 Å². The maximum absolute atomic E-state index is 11.3. The first-order chi connectivity index (χ1) is 5.72. The van der Waals surface area contributed by atoms with Crippen LogP contribution in [0.25, 0.3) is 0 Å². The lowest BCUT2D eigenvalue weighted by Crippen LogP contribution is -2.32. The van der Waals surface area contributed by atoms with Crippen molar-refractivity contribution in [1.29, 1.82) is 0 Å². The molecule has 0 radical (unpaired) electrons. The van der Waals surface area contributed by atoms with Crippen LogP contribution in [-0.2, 0) is 14.6 Å². The second-order valence-electron chi connectivity index (χ2n) is 4.00. The van der Waals surface area contributed by atoms with Crippen LogP contribution in [0.4, 0.5) is 0 Å². The summed E-state index contributed by atoms with van der Waals surface area (Å²) in [7, 11) is -3.23. The number of hydrogen-bond donors (Lipinski definition) is 1. The Morgan fingerprint density at radius 2 is 2.08 bits per heavy atom. The van der Waals surface area contributed by atoms with Gasteiger partial charge >= 0.3 is 5.97 Å². The predicted octanol–water partition coefficient (Wildman–Crippen LogP) is 0.452. The van der Waals surface area contributed by atoms with Gasteiger partial charge in [0.25, 0.3) is 0 Å². The summed E-state index contributed by atoms with van der Waals surface area (Å²) in [4.78, 5) is 10.6. The summed E-state index contributed by atoms with van der Waals surface area (Å²) >= 11 is 0. The fourth-order valence-electron chi connectivity index (χ4n) is 1.53. The van der Waals surface area contributed by atoms with E-state index >= 15 is 0 Å². The molecule has 0 amide bonds. The first kappa shape index (κ1) is 10.2. The van der Waals surface area contributed by atoms with Crippen LogP contribution in [0.5, 0.6) is 0 Å². The molecule has 5 heteroatoms. The number of aliphatic carboxylic acids is 1. The zero-order chi connectivity index (χ0) is 10.3. The van der Waals surface area contributed by atoms with E-state index in [2.05, 4.69) is 0 Å². The number of hydrogen-bond acceptors (Lipinski definition) is 3. The molecule has 1 aliphatic heterocycles. The summed E-state index contributed by atoms with van der Waals surface area (Å²) in [5, 5.41) is 8.67. The molecule has 1 rings (SSSR count). The van der Waals surface area contributed by atoms with Crippen LogP contribution >= 0.6 is 0 Å². The van der Waals surface area contributed by atoms with E-state index in [1.54, 1.807) is 13.8 Å². The Balaban J connectivity index is 3.14. The van der Waals surface area contributed by atoms with Gasteiger partial charge in [0.1, 0.15) is 0 Å². The molecule has 0 aliphatic carbocycles. The summed E-state index contributed by atoms with van der Waals surface area (Å²) in [6.45, 7) is 3.43. The first-order valence-electron chi connectivity index (χ1n) is 3.87. The summed E-state index contributed by atoms with van der Waals surface area (Å²) in [5.41, 5.74) is -0.582. The van der Waals surface area contributed by atoms with Crippen LogP contribution in [0.1, 0.15) is 13.8 Å². The molecule has 0 fully saturated rings. The normalized spacial score (nSPS) is 24.9. The Bertz CT molecular complexity index is 362. The average molecular weight is 204 g/mol. The number of allylic oxidation sites excluding steroid dienone is 1. The lowest BCUT2D eigenvalue weighted by molar-refractivity contribution is -0.132. The molecule has 0 unspecified atom stereocenters. The monoisotopic (exact) mass is 204 g/mol. The Morgan fingerprint density at radius 3 is 2.46 bits per heavy atom. The molecule has 0 spiro atoms. The molecule has 4 nitrogen and oxygen atoms in total. The highest BCUT2D eigenvalue weighted by Gasteiger charge is 2.33. The quantitative estimate of drug-likeness (QED) is 0.673. The molecular formula is C8H12O4S. The maximum Gasteiger partial charge on any atom is 0.332 e. The van der Waals surface area contributed by atoms with Gasteiger partial charge in [0, 0.05) is 5.57 Å². The van der Waals surface area contributed by atoms with Crippen molar-refractivity contribution in [2.24, 2.45) is 5.41 Å². The molecule has 74 valence electrons. The molecule has 1 aliphatic rings. The Labute approximate surface area is 77.2 Å². The standard InChI is InChI=1S/C8H12O4S/c1-8(2)3-6(7(9)10)4-13(11,12)5-8/h3H,4-5H2,1-2H3,(H,9,10). The summed E-state index contributed by atoms with van der Waals surface area (Å²) in [6, 6.07) is 0. The van der Waals surface area contributed by atoms with Crippen molar-refractivity contribution in [3.8, 4) is 0 Å². The van der Waals surface area contributed by atoms with E-state index in [1.807, 2.05) is 0 Å². The predicted molar refractivity (Wildman–Crippen MR) is 48.2 cm³/mol. The van der Waals surface area contributed by atoms with E-state index < -0.39 is 21.2 Å². The zero-order valence-corrected chi connectivity index (χ0v) is 8.39. The largest absolute Gasteiger partial charge is 0.478 e. The van der Waals surface area contributed by atoms with Gasteiger partial charge in [0.05, 0.1) is 11.5 Å². The molecule has 0 aromatic carbocycles. The van der Waals surface area contributed by atoms with Gasteiger partial charge in [0.15, 0.2) is 9.84 Å². The highest BCUT2D eigenvalue weighted by Crippen LogP contribution is 2.27. The van der Waals surface area contributed by atoms with Crippen molar-refractivity contribution in [2.45, 2.75) is 13.8 Å². The van der Waals surface area contributed by atoms with Gasteiger partial charge in [-0.2, -0.15) is 0 Å². The van der Waals surface area contributed by atoms with Crippen LogP contribution < -0.4 is 0 Å². The van der Waals surface area contributed by atoms with Crippen molar-refractivity contribution in [1.82, 2.24) is 0 Å². The SMILES string of the molecule is CC1(C)C=C(C(=O)O)CS(=O)(=O)C1. The van der Waals surface area contributed by atoms with E-state index in [0.717, 1.165) is 0 Å². The van der Waals surface area contributed by atoms with Crippen molar-refractivity contribution >= 4 is 15.8 Å². The summed E-state index contributed by atoms with van der Waals surface area (Å²) in [6.07, 6.45) is 1.52. The number of carboxylic acid groups (broad SMARTS) is 1. The lowest BCUT2D eigenvalue weighted by Gasteiger charge is -2.25. The van der Waals surface area contributed by atoms with Gasteiger partial charge in [-0.1, -0.05) is 19.9 Å². The number of carboxylic acids is 1. The fourth-order valence-corrected chi connectivity index (χ4v) is 3.53. The van der Waals surface area contributed by atoms with E-state index in [0.29, 0.717) is 0 Å². The van der Waals surface area contributed by atoms with Gasteiger partial charge in [-0.15, -0.1) is 0 Å². The molecule has 0 atom stereocenters. The van der Waals surface area contributed by atoms with Crippen LogP contribution in [0, 0.1) is 5.41 Å². The molecule has 13 heavy (non-hydrogen) atoms.